The Kier molecular flexibility index (Phi) is 6.71. The quantitative estimate of drug-likeness (QED) is 0.524. The van der Waals surface area contributed by atoms with Crippen molar-refractivity contribution in [1.82, 2.24) is 14.8 Å². The zero-order valence-corrected chi connectivity index (χ0v) is 18.6. The number of thiophene rings is 1. The minimum atomic E-state index is -0.0928. The number of carbonyl (C=O) groups excluding carboxylic acids is 1. The van der Waals surface area contributed by atoms with Gasteiger partial charge in [-0.25, -0.2) is 0 Å². The molecule has 1 atom stereocenters. The van der Waals surface area contributed by atoms with Crippen LogP contribution >= 0.6 is 23.1 Å². The monoisotopic (exact) mass is 444 g/mol. The van der Waals surface area contributed by atoms with Gasteiger partial charge in [-0.1, -0.05) is 11.8 Å². The first-order valence-electron chi connectivity index (χ1n) is 9.79. The van der Waals surface area contributed by atoms with Gasteiger partial charge in [0.2, 0.25) is 5.91 Å². The number of carbonyl (C=O) groups is 1. The number of nitrogens with zero attached hydrogens (tertiary/aromatic N) is 3. The van der Waals surface area contributed by atoms with E-state index in [2.05, 4.69) is 38.5 Å². The Hall–Kier alpha value is -2.36. The number of amides is 1. The molecule has 1 saturated heterocycles. The molecule has 0 radical (unpaired) electrons. The molecule has 3 heterocycles. The molecule has 3 aromatic rings. The molecule has 0 bridgehead atoms. The fraction of sp³-hybridized carbons (Fsp3) is 0.381. The average Bonchev–Trinajstić information content (AvgIpc) is 3.49. The lowest BCUT2D eigenvalue weighted by atomic mass is 10.2. The zero-order valence-electron chi connectivity index (χ0n) is 17.0. The summed E-state index contributed by atoms with van der Waals surface area (Å²) >= 11 is 3.08. The van der Waals surface area contributed by atoms with Gasteiger partial charge < -0.3 is 14.8 Å². The highest BCUT2D eigenvalue weighted by Crippen LogP contribution is 2.29. The Labute approximate surface area is 183 Å². The molecule has 0 spiro atoms. The molecular weight excluding hydrogens is 420 g/mol. The maximum Gasteiger partial charge on any atom is 0.234 e. The van der Waals surface area contributed by atoms with Gasteiger partial charge in [-0.05, 0) is 50.1 Å². The summed E-state index contributed by atoms with van der Waals surface area (Å²) < 4.78 is 13.1. The number of methoxy groups -OCH3 is 1. The van der Waals surface area contributed by atoms with Crippen LogP contribution in [0, 0.1) is 6.92 Å². The number of aryl methyl sites for hydroxylation is 1. The van der Waals surface area contributed by atoms with Crippen LogP contribution in [-0.2, 0) is 16.1 Å². The van der Waals surface area contributed by atoms with Crippen LogP contribution in [0.25, 0.3) is 11.4 Å². The first-order chi connectivity index (χ1) is 14.6. The highest BCUT2D eigenvalue weighted by molar-refractivity contribution is 7.99. The molecule has 2 aromatic heterocycles. The predicted octanol–water partition coefficient (Wildman–Crippen LogP) is 4.23. The second-order valence-electron chi connectivity index (χ2n) is 7.06. The standard InChI is InChI=1S/C21H24N4O3S2/c1-14-10-15(12-29-14)20-23-24-21(25(20)11-18-4-3-9-28-18)30-13-19(26)22-16-5-7-17(27-2)8-6-16/h5-8,10,12,18H,3-4,9,11,13H2,1-2H3,(H,22,26). The Balaban J connectivity index is 1.45. The van der Waals surface area contributed by atoms with Crippen molar-refractivity contribution in [3.05, 3.63) is 40.6 Å². The number of hydrogen-bond acceptors (Lipinski definition) is 7. The van der Waals surface area contributed by atoms with E-state index in [0.29, 0.717) is 6.54 Å². The minimum absolute atomic E-state index is 0.0928. The molecule has 0 saturated carbocycles. The number of ether oxygens (including phenoxy) is 2. The Bertz CT molecular complexity index is 994. The summed E-state index contributed by atoms with van der Waals surface area (Å²) in [6, 6.07) is 9.38. The number of thioether (sulfide) groups is 1. The lowest BCUT2D eigenvalue weighted by Gasteiger charge is -2.14. The number of hydrogen-bond donors (Lipinski definition) is 1. The number of nitrogens with one attached hydrogen (secondary N) is 1. The van der Waals surface area contributed by atoms with Gasteiger partial charge >= 0.3 is 0 Å². The van der Waals surface area contributed by atoms with Crippen LogP contribution in [0.2, 0.25) is 0 Å². The first kappa shape index (κ1) is 20.9. The fourth-order valence-electron chi connectivity index (χ4n) is 3.33. The van der Waals surface area contributed by atoms with Crippen LogP contribution in [0.3, 0.4) is 0 Å². The van der Waals surface area contributed by atoms with Crippen molar-refractivity contribution in [1.29, 1.82) is 0 Å². The number of anilines is 1. The van der Waals surface area contributed by atoms with E-state index in [9.17, 15) is 4.79 Å². The zero-order chi connectivity index (χ0) is 20.9. The van der Waals surface area contributed by atoms with Crippen molar-refractivity contribution in [3.63, 3.8) is 0 Å². The number of aromatic nitrogens is 3. The highest BCUT2D eigenvalue weighted by Gasteiger charge is 2.22. The normalized spacial score (nSPS) is 16.0. The fourth-order valence-corrected chi connectivity index (χ4v) is 4.76. The molecule has 9 heteroatoms. The van der Waals surface area contributed by atoms with Crippen LogP contribution in [0.4, 0.5) is 5.69 Å². The maximum atomic E-state index is 12.4. The molecule has 1 unspecified atom stereocenters. The van der Waals surface area contributed by atoms with Crippen LogP contribution in [0.5, 0.6) is 5.75 Å². The van der Waals surface area contributed by atoms with E-state index in [0.717, 1.165) is 47.4 Å². The van der Waals surface area contributed by atoms with Gasteiger partial charge in [-0.2, -0.15) is 0 Å². The molecule has 158 valence electrons. The predicted molar refractivity (Wildman–Crippen MR) is 119 cm³/mol. The van der Waals surface area contributed by atoms with E-state index >= 15 is 0 Å². The van der Waals surface area contributed by atoms with Gasteiger partial charge in [0.05, 0.1) is 25.5 Å². The molecule has 1 fully saturated rings. The number of rotatable bonds is 8. The first-order valence-corrected chi connectivity index (χ1v) is 11.7. The van der Waals surface area contributed by atoms with Crippen molar-refractivity contribution in [2.45, 2.75) is 37.6 Å². The average molecular weight is 445 g/mol. The minimum Gasteiger partial charge on any atom is -0.497 e. The van der Waals surface area contributed by atoms with Gasteiger partial charge in [-0.15, -0.1) is 21.5 Å². The van der Waals surface area contributed by atoms with E-state index in [1.807, 2.05) is 24.3 Å². The van der Waals surface area contributed by atoms with Crippen LogP contribution < -0.4 is 10.1 Å². The van der Waals surface area contributed by atoms with Crippen molar-refractivity contribution in [3.8, 4) is 17.1 Å². The maximum absolute atomic E-state index is 12.4. The van der Waals surface area contributed by atoms with Crippen molar-refractivity contribution < 1.29 is 14.3 Å². The number of benzene rings is 1. The lowest BCUT2D eigenvalue weighted by molar-refractivity contribution is -0.113. The van der Waals surface area contributed by atoms with E-state index < -0.39 is 0 Å². The van der Waals surface area contributed by atoms with Crippen molar-refractivity contribution >= 4 is 34.7 Å². The van der Waals surface area contributed by atoms with Crippen LogP contribution in [0.1, 0.15) is 17.7 Å². The summed E-state index contributed by atoms with van der Waals surface area (Å²) in [4.78, 5) is 13.7. The summed E-state index contributed by atoms with van der Waals surface area (Å²) in [5.41, 5.74) is 1.79. The molecule has 30 heavy (non-hydrogen) atoms. The van der Waals surface area contributed by atoms with E-state index in [1.54, 1.807) is 18.4 Å². The summed E-state index contributed by atoms with van der Waals surface area (Å²) in [6.07, 6.45) is 2.27. The van der Waals surface area contributed by atoms with Crippen LogP contribution in [-0.4, -0.2) is 46.2 Å². The van der Waals surface area contributed by atoms with E-state index in [1.165, 1.54) is 16.6 Å². The van der Waals surface area contributed by atoms with E-state index in [4.69, 9.17) is 9.47 Å². The van der Waals surface area contributed by atoms with Gasteiger partial charge in [0.15, 0.2) is 11.0 Å². The SMILES string of the molecule is COc1ccc(NC(=O)CSc2nnc(-c3csc(C)c3)n2CC2CCCO2)cc1. The van der Waals surface area contributed by atoms with E-state index in [-0.39, 0.29) is 17.8 Å². The molecule has 4 rings (SSSR count). The third kappa shape index (κ3) is 5.03. The van der Waals surface area contributed by atoms with Crippen molar-refractivity contribution in [2.24, 2.45) is 0 Å². The second-order valence-corrected chi connectivity index (χ2v) is 9.12. The summed E-state index contributed by atoms with van der Waals surface area (Å²) in [7, 11) is 1.61. The van der Waals surface area contributed by atoms with Gasteiger partial charge in [0.25, 0.3) is 0 Å². The molecule has 7 nitrogen and oxygen atoms in total. The Morgan fingerprint density at radius 1 is 1.37 bits per heavy atom. The van der Waals surface area contributed by atoms with Gasteiger partial charge in [-0.3, -0.25) is 9.36 Å². The lowest BCUT2D eigenvalue weighted by Crippen LogP contribution is -2.18. The topological polar surface area (TPSA) is 78.3 Å². The molecular formula is C21H24N4O3S2. The Morgan fingerprint density at radius 2 is 2.20 bits per heavy atom. The van der Waals surface area contributed by atoms with Crippen molar-refractivity contribution in [2.75, 3.05) is 24.8 Å². The van der Waals surface area contributed by atoms with Gasteiger partial charge in [0, 0.05) is 28.1 Å². The molecule has 0 aliphatic carbocycles. The highest BCUT2D eigenvalue weighted by atomic mass is 32.2. The molecule has 1 aromatic carbocycles. The third-order valence-electron chi connectivity index (χ3n) is 4.82. The Morgan fingerprint density at radius 3 is 2.87 bits per heavy atom. The molecule has 1 amide bonds. The summed E-state index contributed by atoms with van der Waals surface area (Å²) in [5.74, 6) is 1.73. The van der Waals surface area contributed by atoms with Gasteiger partial charge in [0.1, 0.15) is 5.75 Å². The molecule has 1 aliphatic heterocycles. The third-order valence-corrected chi connectivity index (χ3v) is 6.65. The largest absolute Gasteiger partial charge is 0.497 e. The summed E-state index contributed by atoms with van der Waals surface area (Å²) in [6.45, 7) is 3.57. The molecule has 1 aliphatic rings. The molecule has 1 N–H and O–H groups in total. The van der Waals surface area contributed by atoms with Crippen LogP contribution in [0.15, 0.2) is 40.9 Å². The summed E-state index contributed by atoms with van der Waals surface area (Å²) in [5, 5.41) is 14.5. The smallest absolute Gasteiger partial charge is 0.234 e. The second kappa shape index (κ2) is 9.63.